The first-order valence-electron chi connectivity index (χ1n) is 7.32. The minimum absolute atomic E-state index is 0.203. The SMILES string of the molecule is CC1CCCC(C)N1C(=O)c1ccc2c(c1)CNC2. The Balaban J connectivity index is 1.86. The summed E-state index contributed by atoms with van der Waals surface area (Å²) in [6.45, 7) is 6.16. The highest BCUT2D eigenvalue weighted by Gasteiger charge is 2.29. The number of nitrogens with zero attached hydrogens (tertiary/aromatic N) is 1. The van der Waals surface area contributed by atoms with Crippen molar-refractivity contribution in [1.29, 1.82) is 0 Å². The van der Waals surface area contributed by atoms with Gasteiger partial charge in [0.1, 0.15) is 0 Å². The Hall–Kier alpha value is -1.35. The largest absolute Gasteiger partial charge is 0.333 e. The molecule has 2 aliphatic heterocycles. The van der Waals surface area contributed by atoms with Crippen LogP contribution in [0, 0.1) is 0 Å². The molecule has 2 unspecified atom stereocenters. The molecule has 2 aliphatic rings. The van der Waals surface area contributed by atoms with Crippen LogP contribution >= 0.6 is 0 Å². The molecule has 2 atom stereocenters. The van der Waals surface area contributed by atoms with Crippen LogP contribution in [-0.2, 0) is 13.1 Å². The first-order chi connectivity index (χ1) is 9.16. The highest BCUT2D eigenvalue weighted by molar-refractivity contribution is 5.95. The van der Waals surface area contributed by atoms with Crippen molar-refractivity contribution in [3.05, 3.63) is 34.9 Å². The molecule has 1 N–H and O–H groups in total. The van der Waals surface area contributed by atoms with Crippen LogP contribution in [0.5, 0.6) is 0 Å². The molecule has 3 nitrogen and oxygen atoms in total. The summed E-state index contributed by atoms with van der Waals surface area (Å²) in [7, 11) is 0. The minimum Gasteiger partial charge on any atom is -0.333 e. The van der Waals surface area contributed by atoms with Gasteiger partial charge in [-0.25, -0.2) is 0 Å². The van der Waals surface area contributed by atoms with Crippen LogP contribution in [0.4, 0.5) is 0 Å². The van der Waals surface area contributed by atoms with Crippen molar-refractivity contribution < 1.29 is 4.79 Å². The maximum absolute atomic E-state index is 12.7. The summed E-state index contributed by atoms with van der Waals surface area (Å²) >= 11 is 0. The monoisotopic (exact) mass is 258 g/mol. The van der Waals surface area contributed by atoms with Crippen LogP contribution in [0.1, 0.15) is 54.6 Å². The fourth-order valence-corrected chi connectivity index (χ4v) is 3.40. The Morgan fingerprint density at radius 3 is 2.58 bits per heavy atom. The topological polar surface area (TPSA) is 32.3 Å². The number of amides is 1. The Bertz CT molecular complexity index is 488. The van der Waals surface area contributed by atoms with Crippen molar-refractivity contribution in [3.63, 3.8) is 0 Å². The van der Waals surface area contributed by atoms with E-state index in [1.54, 1.807) is 0 Å². The van der Waals surface area contributed by atoms with Crippen molar-refractivity contribution in [2.24, 2.45) is 0 Å². The molecule has 19 heavy (non-hydrogen) atoms. The molecule has 0 bridgehead atoms. The summed E-state index contributed by atoms with van der Waals surface area (Å²) in [4.78, 5) is 14.8. The molecule has 3 heteroatoms. The molecule has 0 saturated carbocycles. The summed E-state index contributed by atoms with van der Waals surface area (Å²) in [5.41, 5.74) is 3.46. The minimum atomic E-state index is 0.203. The summed E-state index contributed by atoms with van der Waals surface area (Å²) in [6.07, 6.45) is 3.49. The lowest BCUT2D eigenvalue weighted by atomic mass is 9.96. The number of carbonyl (C=O) groups is 1. The van der Waals surface area contributed by atoms with E-state index in [9.17, 15) is 4.79 Å². The number of fused-ring (bicyclic) bond motifs is 1. The standard InChI is InChI=1S/C16H22N2O/c1-11-4-3-5-12(2)18(11)16(19)13-6-7-14-9-17-10-15(14)8-13/h6-8,11-12,17H,3-5,9-10H2,1-2H3. The van der Waals surface area contributed by atoms with Gasteiger partial charge in [-0.1, -0.05) is 6.07 Å². The van der Waals surface area contributed by atoms with Crippen LogP contribution in [0.25, 0.3) is 0 Å². The zero-order valence-electron chi connectivity index (χ0n) is 11.8. The van der Waals surface area contributed by atoms with Crippen molar-refractivity contribution in [3.8, 4) is 0 Å². The van der Waals surface area contributed by atoms with Gasteiger partial charge in [-0.2, -0.15) is 0 Å². The van der Waals surface area contributed by atoms with Gasteiger partial charge in [-0.15, -0.1) is 0 Å². The summed E-state index contributed by atoms with van der Waals surface area (Å²) in [5, 5.41) is 3.33. The molecule has 1 aromatic rings. The van der Waals surface area contributed by atoms with E-state index in [4.69, 9.17) is 0 Å². The lowest BCUT2D eigenvalue weighted by Gasteiger charge is -2.39. The van der Waals surface area contributed by atoms with Crippen LogP contribution < -0.4 is 5.32 Å². The Morgan fingerprint density at radius 1 is 1.16 bits per heavy atom. The van der Waals surface area contributed by atoms with E-state index in [-0.39, 0.29) is 5.91 Å². The molecule has 1 fully saturated rings. The second-order valence-corrected chi connectivity index (χ2v) is 5.93. The maximum atomic E-state index is 12.7. The Morgan fingerprint density at radius 2 is 1.84 bits per heavy atom. The van der Waals surface area contributed by atoms with Gasteiger partial charge in [0.15, 0.2) is 0 Å². The molecule has 0 aliphatic carbocycles. The average Bonchev–Trinajstić information content (AvgIpc) is 2.85. The van der Waals surface area contributed by atoms with Gasteiger partial charge in [0.05, 0.1) is 0 Å². The molecule has 0 spiro atoms. The summed E-state index contributed by atoms with van der Waals surface area (Å²) < 4.78 is 0. The number of hydrogen-bond donors (Lipinski definition) is 1. The second-order valence-electron chi connectivity index (χ2n) is 5.93. The van der Waals surface area contributed by atoms with Gasteiger partial charge in [0, 0.05) is 30.7 Å². The maximum Gasteiger partial charge on any atom is 0.254 e. The third kappa shape index (κ3) is 2.27. The third-order valence-corrected chi connectivity index (χ3v) is 4.51. The van der Waals surface area contributed by atoms with Gasteiger partial charge < -0.3 is 10.2 Å². The predicted octanol–water partition coefficient (Wildman–Crippen LogP) is 2.69. The van der Waals surface area contributed by atoms with E-state index >= 15 is 0 Å². The van der Waals surface area contributed by atoms with Gasteiger partial charge in [0.25, 0.3) is 5.91 Å². The number of likely N-dealkylation sites (tertiary alicyclic amines) is 1. The highest BCUT2D eigenvalue weighted by atomic mass is 16.2. The van der Waals surface area contributed by atoms with Crippen molar-refractivity contribution in [2.45, 2.75) is 58.3 Å². The first-order valence-corrected chi connectivity index (χ1v) is 7.32. The zero-order valence-corrected chi connectivity index (χ0v) is 11.8. The van der Waals surface area contributed by atoms with Crippen molar-refractivity contribution >= 4 is 5.91 Å². The fourth-order valence-electron chi connectivity index (χ4n) is 3.40. The van der Waals surface area contributed by atoms with Crippen molar-refractivity contribution in [2.75, 3.05) is 0 Å². The molecule has 0 radical (unpaired) electrons. The quantitative estimate of drug-likeness (QED) is 0.840. The number of nitrogens with one attached hydrogen (secondary N) is 1. The second kappa shape index (κ2) is 4.97. The van der Waals surface area contributed by atoms with Crippen LogP contribution in [0.2, 0.25) is 0 Å². The zero-order chi connectivity index (χ0) is 13.4. The molecule has 3 rings (SSSR count). The molecule has 1 amide bonds. The van der Waals surface area contributed by atoms with Crippen LogP contribution in [0.15, 0.2) is 18.2 Å². The summed E-state index contributed by atoms with van der Waals surface area (Å²) in [5.74, 6) is 0.203. The number of hydrogen-bond acceptors (Lipinski definition) is 2. The Labute approximate surface area is 115 Å². The van der Waals surface area contributed by atoms with Crippen LogP contribution in [-0.4, -0.2) is 22.9 Å². The van der Waals surface area contributed by atoms with Gasteiger partial charge in [-0.3, -0.25) is 4.79 Å². The number of rotatable bonds is 1. The van der Waals surface area contributed by atoms with E-state index in [2.05, 4.69) is 36.2 Å². The van der Waals surface area contributed by atoms with Gasteiger partial charge >= 0.3 is 0 Å². The predicted molar refractivity (Wildman–Crippen MR) is 75.9 cm³/mol. The van der Waals surface area contributed by atoms with Crippen molar-refractivity contribution in [1.82, 2.24) is 10.2 Å². The molecule has 1 aromatic carbocycles. The lowest BCUT2D eigenvalue weighted by Crippen LogP contribution is -2.47. The molecule has 102 valence electrons. The third-order valence-electron chi connectivity index (χ3n) is 4.51. The molecule has 0 aromatic heterocycles. The lowest BCUT2D eigenvalue weighted by molar-refractivity contribution is 0.0510. The molecule has 2 heterocycles. The van der Waals surface area contributed by atoms with E-state index in [0.29, 0.717) is 12.1 Å². The number of benzene rings is 1. The molecule has 1 saturated heterocycles. The number of carbonyl (C=O) groups excluding carboxylic acids is 1. The fraction of sp³-hybridized carbons (Fsp3) is 0.562. The smallest absolute Gasteiger partial charge is 0.254 e. The number of piperidine rings is 1. The summed E-state index contributed by atoms with van der Waals surface area (Å²) in [6, 6.07) is 6.89. The average molecular weight is 258 g/mol. The van der Waals surface area contributed by atoms with E-state index in [1.807, 2.05) is 6.07 Å². The van der Waals surface area contributed by atoms with Gasteiger partial charge in [0.2, 0.25) is 0 Å². The first kappa shape index (κ1) is 12.7. The van der Waals surface area contributed by atoms with E-state index < -0.39 is 0 Å². The Kier molecular flexibility index (Phi) is 3.31. The molecular weight excluding hydrogens is 236 g/mol. The van der Waals surface area contributed by atoms with Gasteiger partial charge in [-0.05, 0) is 56.4 Å². The normalized spacial score (nSPS) is 26.3. The van der Waals surface area contributed by atoms with Crippen LogP contribution in [0.3, 0.4) is 0 Å². The highest BCUT2D eigenvalue weighted by Crippen LogP contribution is 2.26. The molecular formula is C16H22N2O. The van der Waals surface area contributed by atoms with E-state index in [0.717, 1.165) is 31.5 Å². The van der Waals surface area contributed by atoms with E-state index in [1.165, 1.54) is 17.5 Å².